The van der Waals surface area contributed by atoms with Gasteiger partial charge in [-0.15, -0.1) is 0 Å². The highest BCUT2D eigenvalue weighted by Crippen LogP contribution is 2.53. The van der Waals surface area contributed by atoms with Gasteiger partial charge in [-0.3, -0.25) is 0 Å². The maximum Gasteiger partial charge on any atom is 0.0754 e. The lowest BCUT2D eigenvalue weighted by atomic mass is 9.60. The Balaban J connectivity index is 3.33. The summed E-state index contributed by atoms with van der Waals surface area (Å²) in [6.45, 7) is 21.4. The molecular weight excluding hydrogens is 272 g/mol. The zero-order valence-electron chi connectivity index (χ0n) is 16.3. The van der Waals surface area contributed by atoms with Crippen LogP contribution in [0.1, 0.15) is 75.7 Å². The van der Waals surface area contributed by atoms with Crippen molar-refractivity contribution in [3.63, 3.8) is 0 Å². The van der Waals surface area contributed by atoms with E-state index < -0.39 is 0 Å². The van der Waals surface area contributed by atoms with Crippen molar-refractivity contribution in [3.05, 3.63) is 24.3 Å². The van der Waals surface area contributed by atoms with Gasteiger partial charge in [0.05, 0.1) is 22.4 Å². The first kappa shape index (κ1) is 19.4. The van der Waals surface area contributed by atoms with E-state index in [1.165, 1.54) is 0 Å². The lowest BCUT2D eigenvalue weighted by Crippen LogP contribution is -2.61. The largest absolute Gasteiger partial charge is 0.369 e. The zero-order chi connectivity index (χ0) is 17.4. The molecule has 0 atom stereocenters. The number of allylic oxidation sites excluding steroid dienone is 3. The molecule has 0 aliphatic heterocycles. The molecule has 0 N–H and O–H groups in total. The highest BCUT2D eigenvalue weighted by atomic mass is 16.5. The lowest BCUT2D eigenvalue weighted by molar-refractivity contribution is -0.244. The summed E-state index contributed by atoms with van der Waals surface area (Å²) in [6, 6.07) is 0. The molecule has 128 valence electrons. The van der Waals surface area contributed by atoms with Gasteiger partial charge in [-0.25, -0.2) is 0 Å². The second kappa shape index (κ2) is 5.79. The molecule has 0 spiro atoms. The predicted octanol–water partition coefficient (Wildman–Crippen LogP) is 5.68. The van der Waals surface area contributed by atoms with Gasteiger partial charge >= 0.3 is 0 Å². The highest BCUT2D eigenvalue weighted by molar-refractivity contribution is 5.26. The van der Waals surface area contributed by atoms with Crippen molar-refractivity contribution in [2.45, 2.75) is 98.1 Å². The Morgan fingerprint density at radius 1 is 0.682 bits per heavy atom. The summed E-state index contributed by atoms with van der Waals surface area (Å²) in [4.78, 5) is 0. The van der Waals surface area contributed by atoms with Crippen LogP contribution in [0.25, 0.3) is 0 Å². The molecule has 0 radical (unpaired) electrons. The summed E-state index contributed by atoms with van der Waals surface area (Å²) in [5, 5.41) is 0. The van der Waals surface area contributed by atoms with Crippen LogP contribution in [0.2, 0.25) is 0 Å². The maximum absolute atomic E-state index is 6.50. The Kier molecular flexibility index (Phi) is 5.12. The first-order chi connectivity index (χ1) is 9.62. The SMILES string of the molecule is CC(C)(C)OC(C)(C)C1(C(C)(C)OC(C)(C)C)C=CC=CC1. The van der Waals surface area contributed by atoms with E-state index in [1.807, 2.05) is 0 Å². The molecular formula is C20H36O2. The van der Waals surface area contributed by atoms with Crippen molar-refractivity contribution >= 4 is 0 Å². The number of hydrogen-bond donors (Lipinski definition) is 0. The standard InChI is InChI=1S/C20H36O2/c1-16(2,3)21-18(7,8)20(14-12-11-13-15-20)19(9,10)22-17(4,5)6/h11-14H,15H2,1-10H3. The van der Waals surface area contributed by atoms with Gasteiger partial charge in [0.15, 0.2) is 0 Å². The van der Waals surface area contributed by atoms with Crippen LogP contribution in [-0.2, 0) is 9.47 Å². The number of rotatable bonds is 4. The first-order valence-electron chi connectivity index (χ1n) is 8.37. The number of hydrogen-bond acceptors (Lipinski definition) is 2. The molecule has 0 aromatic carbocycles. The lowest BCUT2D eigenvalue weighted by Gasteiger charge is -2.57. The third-order valence-corrected chi connectivity index (χ3v) is 4.34. The van der Waals surface area contributed by atoms with Crippen molar-refractivity contribution in [1.29, 1.82) is 0 Å². The topological polar surface area (TPSA) is 18.5 Å². The molecule has 2 heteroatoms. The zero-order valence-corrected chi connectivity index (χ0v) is 16.3. The summed E-state index contributed by atoms with van der Waals surface area (Å²) < 4.78 is 13.0. The average molecular weight is 309 g/mol. The molecule has 22 heavy (non-hydrogen) atoms. The summed E-state index contributed by atoms with van der Waals surface area (Å²) in [5.74, 6) is 0. The molecule has 2 nitrogen and oxygen atoms in total. The molecule has 0 fully saturated rings. The molecule has 0 aromatic heterocycles. The van der Waals surface area contributed by atoms with Gasteiger partial charge in [0.2, 0.25) is 0 Å². The quantitative estimate of drug-likeness (QED) is 0.665. The molecule has 1 aliphatic carbocycles. The van der Waals surface area contributed by atoms with E-state index in [0.29, 0.717) is 0 Å². The van der Waals surface area contributed by atoms with Crippen LogP contribution in [-0.4, -0.2) is 22.4 Å². The normalized spacial score (nSPS) is 19.5. The van der Waals surface area contributed by atoms with Gasteiger partial charge < -0.3 is 9.47 Å². The van der Waals surface area contributed by atoms with E-state index in [9.17, 15) is 0 Å². The second-order valence-electron chi connectivity index (χ2n) is 9.41. The van der Waals surface area contributed by atoms with Gasteiger partial charge in [-0.1, -0.05) is 24.3 Å². The van der Waals surface area contributed by atoms with E-state index in [2.05, 4.69) is 93.5 Å². The molecule has 0 saturated carbocycles. The minimum Gasteiger partial charge on any atom is -0.369 e. The van der Waals surface area contributed by atoms with Crippen LogP contribution in [0.3, 0.4) is 0 Å². The second-order valence-corrected chi connectivity index (χ2v) is 9.41. The predicted molar refractivity (Wildman–Crippen MR) is 95.2 cm³/mol. The summed E-state index contributed by atoms with van der Waals surface area (Å²) in [6.07, 6.45) is 9.66. The Morgan fingerprint density at radius 3 is 1.36 bits per heavy atom. The molecule has 1 rings (SSSR count). The monoisotopic (exact) mass is 308 g/mol. The van der Waals surface area contributed by atoms with Crippen LogP contribution in [0.15, 0.2) is 24.3 Å². The van der Waals surface area contributed by atoms with Crippen LogP contribution in [0.5, 0.6) is 0 Å². The van der Waals surface area contributed by atoms with Crippen molar-refractivity contribution < 1.29 is 9.47 Å². The molecule has 0 saturated heterocycles. The maximum atomic E-state index is 6.50. The van der Waals surface area contributed by atoms with Crippen LogP contribution < -0.4 is 0 Å². The van der Waals surface area contributed by atoms with E-state index >= 15 is 0 Å². The Hall–Kier alpha value is -0.600. The fourth-order valence-electron chi connectivity index (χ4n) is 3.95. The van der Waals surface area contributed by atoms with Crippen molar-refractivity contribution in [2.75, 3.05) is 0 Å². The summed E-state index contributed by atoms with van der Waals surface area (Å²) >= 11 is 0. The van der Waals surface area contributed by atoms with Gasteiger partial charge in [0, 0.05) is 5.41 Å². The molecule has 0 heterocycles. The minimum absolute atomic E-state index is 0.205. The fraction of sp³-hybridized carbons (Fsp3) is 0.800. The molecule has 0 aromatic rings. The smallest absolute Gasteiger partial charge is 0.0754 e. The first-order valence-corrected chi connectivity index (χ1v) is 8.37. The molecule has 1 aliphatic rings. The minimum atomic E-state index is -0.360. The van der Waals surface area contributed by atoms with Crippen molar-refractivity contribution in [1.82, 2.24) is 0 Å². The van der Waals surface area contributed by atoms with Crippen molar-refractivity contribution in [3.8, 4) is 0 Å². The highest BCUT2D eigenvalue weighted by Gasteiger charge is 2.56. The third kappa shape index (κ3) is 4.23. The molecule has 0 unspecified atom stereocenters. The van der Waals surface area contributed by atoms with Crippen molar-refractivity contribution in [2.24, 2.45) is 5.41 Å². The van der Waals surface area contributed by atoms with Gasteiger partial charge in [-0.2, -0.15) is 0 Å². The van der Waals surface area contributed by atoms with E-state index in [1.54, 1.807) is 0 Å². The Bertz CT molecular complexity index is 411. The Morgan fingerprint density at radius 2 is 1.09 bits per heavy atom. The van der Waals surface area contributed by atoms with E-state index in [4.69, 9.17) is 9.47 Å². The van der Waals surface area contributed by atoms with Gasteiger partial charge in [0.25, 0.3) is 0 Å². The number of ether oxygens (including phenoxy) is 2. The van der Waals surface area contributed by atoms with E-state index in [-0.39, 0.29) is 27.8 Å². The van der Waals surface area contributed by atoms with Crippen LogP contribution >= 0.6 is 0 Å². The van der Waals surface area contributed by atoms with Gasteiger partial charge in [-0.05, 0) is 75.7 Å². The summed E-state index contributed by atoms with van der Waals surface area (Å²) in [5.41, 5.74) is -1.36. The fourth-order valence-corrected chi connectivity index (χ4v) is 3.95. The molecule has 0 bridgehead atoms. The third-order valence-electron chi connectivity index (χ3n) is 4.34. The van der Waals surface area contributed by atoms with E-state index in [0.717, 1.165) is 6.42 Å². The molecule has 0 amide bonds. The summed E-state index contributed by atoms with van der Waals surface area (Å²) in [7, 11) is 0. The van der Waals surface area contributed by atoms with Crippen LogP contribution in [0, 0.1) is 5.41 Å². The van der Waals surface area contributed by atoms with Gasteiger partial charge in [0.1, 0.15) is 0 Å². The average Bonchev–Trinajstić information content (AvgIpc) is 2.23. The Labute approximate surface area is 138 Å². The van der Waals surface area contributed by atoms with Crippen LogP contribution in [0.4, 0.5) is 0 Å².